The van der Waals surface area contributed by atoms with E-state index in [1.807, 2.05) is 6.07 Å². The number of hydrogen-bond acceptors (Lipinski definition) is 3. The van der Waals surface area contributed by atoms with Gasteiger partial charge in [0.25, 0.3) is 0 Å². The van der Waals surface area contributed by atoms with Gasteiger partial charge in [0, 0.05) is 18.7 Å². The first-order valence-corrected chi connectivity index (χ1v) is 7.36. The van der Waals surface area contributed by atoms with Gasteiger partial charge in [-0.15, -0.1) is 0 Å². The molecular formula is C16H28N2O. The first-order valence-electron chi connectivity index (χ1n) is 7.36. The van der Waals surface area contributed by atoms with Gasteiger partial charge in [-0.05, 0) is 44.2 Å². The maximum atomic E-state index is 8.77. The minimum absolute atomic E-state index is 0.000563. The van der Waals surface area contributed by atoms with E-state index >= 15 is 0 Å². The van der Waals surface area contributed by atoms with Crippen LogP contribution in [0.5, 0.6) is 0 Å². The Hall–Kier alpha value is -0.900. The van der Waals surface area contributed by atoms with E-state index < -0.39 is 0 Å². The molecule has 0 bridgehead atoms. The summed E-state index contributed by atoms with van der Waals surface area (Å²) >= 11 is 0. The molecule has 0 saturated carbocycles. The second kappa shape index (κ2) is 9.08. The zero-order valence-electron chi connectivity index (χ0n) is 12.1. The highest BCUT2D eigenvalue weighted by molar-refractivity contribution is 5.18. The van der Waals surface area contributed by atoms with Crippen molar-refractivity contribution >= 4 is 0 Å². The number of benzene rings is 1. The summed E-state index contributed by atoms with van der Waals surface area (Å²) in [7, 11) is 0. The number of aliphatic hydroxyl groups excluding tert-OH is 1. The number of hydrogen-bond donors (Lipinski definition) is 3. The van der Waals surface area contributed by atoms with Crippen molar-refractivity contribution in [3.05, 3.63) is 35.9 Å². The molecule has 0 heterocycles. The van der Waals surface area contributed by atoms with Crippen LogP contribution in [0.15, 0.2) is 30.3 Å². The van der Waals surface area contributed by atoms with Crippen LogP contribution in [-0.4, -0.2) is 30.3 Å². The van der Waals surface area contributed by atoms with Crippen molar-refractivity contribution in [3.8, 4) is 0 Å². The summed E-state index contributed by atoms with van der Waals surface area (Å²) in [6.45, 7) is 4.10. The van der Waals surface area contributed by atoms with E-state index in [1.54, 1.807) is 0 Å². The quantitative estimate of drug-likeness (QED) is 0.567. The van der Waals surface area contributed by atoms with Crippen molar-refractivity contribution in [2.75, 3.05) is 19.7 Å². The lowest BCUT2D eigenvalue weighted by Crippen LogP contribution is -2.52. The predicted molar refractivity (Wildman–Crippen MR) is 81.2 cm³/mol. The number of nitrogens with one attached hydrogen (secondary N) is 1. The predicted octanol–water partition coefficient (Wildman–Crippen LogP) is 2.09. The van der Waals surface area contributed by atoms with Crippen LogP contribution < -0.4 is 11.1 Å². The fourth-order valence-corrected chi connectivity index (χ4v) is 2.35. The Kier molecular flexibility index (Phi) is 7.72. The first-order chi connectivity index (χ1) is 9.26. The smallest absolute Gasteiger partial charge is 0.0431 e. The topological polar surface area (TPSA) is 58.3 Å². The van der Waals surface area contributed by atoms with E-state index in [0.717, 1.165) is 38.6 Å². The Morgan fingerprint density at radius 3 is 2.47 bits per heavy atom. The van der Waals surface area contributed by atoms with Crippen molar-refractivity contribution in [2.24, 2.45) is 5.73 Å². The molecule has 1 atom stereocenters. The Morgan fingerprint density at radius 1 is 1.16 bits per heavy atom. The monoisotopic (exact) mass is 264 g/mol. The second-order valence-electron chi connectivity index (χ2n) is 5.21. The molecule has 3 nitrogen and oxygen atoms in total. The van der Waals surface area contributed by atoms with E-state index in [4.69, 9.17) is 10.8 Å². The Balaban J connectivity index is 2.49. The largest absolute Gasteiger partial charge is 0.396 e. The number of aliphatic hydroxyl groups is 1. The van der Waals surface area contributed by atoms with Crippen LogP contribution in [0.25, 0.3) is 0 Å². The van der Waals surface area contributed by atoms with Gasteiger partial charge in [0.1, 0.15) is 0 Å². The zero-order valence-corrected chi connectivity index (χ0v) is 12.1. The Bertz CT molecular complexity index is 323. The Labute approximate surface area is 117 Å². The number of nitrogens with two attached hydrogens (primary N) is 1. The van der Waals surface area contributed by atoms with Crippen LogP contribution in [0.1, 0.15) is 38.2 Å². The van der Waals surface area contributed by atoms with Gasteiger partial charge in [-0.1, -0.05) is 37.3 Å². The van der Waals surface area contributed by atoms with E-state index in [1.165, 1.54) is 5.56 Å². The van der Waals surface area contributed by atoms with E-state index in [0.29, 0.717) is 13.2 Å². The maximum Gasteiger partial charge on any atom is 0.0431 e. The molecule has 1 aromatic carbocycles. The molecule has 0 radical (unpaired) electrons. The highest BCUT2D eigenvalue weighted by Crippen LogP contribution is 2.16. The van der Waals surface area contributed by atoms with Crippen LogP contribution in [0.3, 0.4) is 0 Å². The lowest BCUT2D eigenvalue weighted by Gasteiger charge is -2.33. The normalized spacial score (nSPS) is 14.3. The molecule has 0 aliphatic rings. The van der Waals surface area contributed by atoms with Crippen LogP contribution in [0.2, 0.25) is 0 Å². The molecule has 0 spiro atoms. The summed E-state index contributed by atoms with van der Waals surface area (Å²) in [4.78, 5) is 0. The Morgan fingerprint density at radius 2 is 1.89 bits per heavy atom. The molecule has 0 aliphatic carbocycles. The number of unbranched alkanes of at least 4 members (excludes halogenated alkanes) is 2. The van der Waals surface area contributed by atoms with Crippen molar-refractivity contribution in [2.45, 2.75) is 44.6 Å². The van der Waals surface area contributed by atoms with Gasteiger partial charge in [0.15, 0.2) is 0 Å². The molecule has 1 unspecified atom stereocenters. The van der Waals surface area contributed by atoms with E-state index in [9.17, 15) is 0 Å². The van der Waals surface area contributed by atoms with Gasteiger partial charge in [-0.3, -0.25) is 0 Å². The fraction of sp³-hybridized carbons (Fsp3) is 0.625. The third-order valence-electron chi connectivity index (χ3n) is 3.79. The molecule has 0 amide bonds. The second-order valence-corrected chi connectivity index (χ2v) is 5.21. The summed E-state index contributed by atoms with van der Waals surface area (Å²) in [5.74, 6) is 0. The molecule has 3 heteroatoms. The summed E-state index contributed by atoms with van der Waals surface area (Å²) in [5.41, 5.74) is 7.34. The van der Waals surface area contributed by atoms with Crippen molar-refractivity contribution in [3.63, 3.8) is 0 Å². The lowest BCUT2D eigenvalue weighted by molar-refractivity contribution is 0.277. The van der Waals surface area contributed by atoms with Gasteiger partial charge in [0.05, 0.1) is 0 Å². The van der Waals surface area contributed by atoms with Crippen LogP contribution in [0, 0.1) is 0 Å². The highest BCUT2D eigenvalue weighted by Gasteiger charge is 2.25. The summed E-state index contributed by atoms with van der Waals surface area (Å²) < 4.78 is 0. The molecule has 0 saturated heterocycles. The third-order valence-corrected chi connectivity index (χ3v) is 3.79. The summed E-state index contributed by atoms with van der Waals surface area (Å²) in [6.07, 6.45) is 5.05. The zero-order chi connectivity index (χ0) is 14.0. The van der Waals surface area contributed by atoms with Crippen LogP contribution in [-0.2, 0) is 6.42 Å². The third kappa shape index (κ3) is 5.72. The average molecular weight is 264 g/mol. The van der Waals surface area contributed by atoms with Crippen LogP contribution >= 0.6 is 0 Å². The molecule has 0 fully saturated rings. The minimum Gasteiger partial charge on any atom is -0.396 e. The average Bonchev–Trinajstić information content (AvgIpc) is 2.47. The lowest BCUT2D eigenvalue weighted by atomic mass is 9.88. The summed E-state index contributed by atoms with van der Waals surface area (Å²) in [5, 5.41) is 12.4. The SMILES string of the molecule is CCC(CN)(Cc1ccccc1)NCCCCCO. The van der Waals surface area contributed by atoms with Gasteiger partial charge >= 0.3 is 0 Å². The molecule has 108 valence electrons. The fourth-order valence-electron chi connectivity index (χ4n) is 2.35. The molecule has 0 aliphatic heterocycles. The molecule has 4 N–H and O–H groups in total. The molecule has 19 heavy (non-hydrogen) atoms. The van der Waals surface area contributed by atoms with Gasteiger partial charge in [-0.2, -0.15) is 0 Å². The standard InChI is InChI=1S/C16H28N2O/c1-2-16(14-17,18-11-7-4-8-12-19)13-15-9-5-3-6-10-15/h3,5-6,9-10,18-19H,2,4,7-8,11-14,17H2,1H3. The molecular weight excluding hydrogens is 236 g/mol. The van der Waals surface area contributed by atoms with Crippen molar-refractivity contribution < 1.29 is 5.11 Å². The summed E-state index contributed by atoms with van der Waals surface area (Å²) in [6, 6.07) is 10.5. The highest BCUT2D eigenvalue weighted by atomic mass is 16.2. The van der Waals surface area contributed by atoms with Crippen molar-refractivity contribution in [1.82, 2.24) is 5.32 Å². The number of rotatable bonds is 10. The van der Waals surface area contributed by atoms with Crippen molar-refractivity contribution in [1.29, 1.82) is 0 Å². The maximum absolute atomic E-state index is 8.77. The van der Waals surface area contributed by atoms with E-state index in [2.05, 4.69) is 36.5 Å². The van der Waals surface area contributed by atoms with Gasteiger partial charge in [-0.25, -0.2) is 0 Å². The first kappa shape index (κ1) is 16.2. The minimum atomic E-state index is 0.000563. The van der Waals surface area contributed by atoms with E-state index in [-0.39, 0.29) is 5.54 Å². The molecule has 1 aromatic rings. The van der Waals surface area contributed by atoms with Gasteiger partial charge in [0.2, 0.25) is 0 Å². The molecule has 1 rings (SSSR count). The van der Waals surface area contributed by atoms with Crippen LogP contribution in [0.4, 0.5) is 0 Å². The molecule has 0 aromatic heterocycles. The van der Waals surface area contributed by atoms with Gasteiger partial charge < -0.3 is 16.2 Å².